The summed E-state index contributed by atoms with van der Waals surface area (Å²) in [5.41, 5.74) is 0.714. The number of rotatable bonds is 7. The van der Waals surface area contributed by atoms with Crippen molar-refractivity contribution in [3.05, 3.63) is 29.8 Å². The van der Waals surface area contributed by atoms with E-state index in [0.717, 1.165) is 31.9 Å². The third-order valence-corrected chi connectivity index (χ3v) is 4.90. The summed E-state index contributed by atoms with van der Waals surface area (Å²) in [6.45, 7) is 4.44. The molecule has 2 rings (SSSR count). The van der Waals surface area contributed by atoms with E-state index in [1.165, 1.54) is 0 Å². The number of para-hydroxylation sites is 1. The number of benzene rings is 1. The maximum Gasteiger partial charge on any atom is 0.306 e. The maximum atomic E-state index is 12.7. The lowest BCUT2D eigenvalue weighted by atomic mass is 9.84. The first kappa shape index (κ1) is 17.8. The van der Waals surface area contributed by atoms with Gasteiger partial charge in [0.15, 0.2) is 0 Å². The Morgan fingerprint density at radius 1 is 1.35 bits per heavy atom. The minimum absolute atomic E-state index is 0.106. The van der Waals surface area contributed by atoms with E-state index in [2.05, 4.69) is 0 Å². The maximum absolute atomic E-state index is 12.7. The van der Waals surface area contributed by atoms with Gasteiger partial charge in [0.1, 0.15) is 5.75 Å². The van der Waals surface area contributed by atoms with Gasteiger partial charge >= 0.3 is 10.1 Å². The SMILES string of the molecule is CC[C@@H](C)N(Cc1ccccc1OS(C)(=O)=O)C(=O)C1CCC1. The minimum atomic E-state index is -3.59. The van der Waals surface area contributed by atoms with Crippen molar-refractivity contribution in [1.29, 1.82) is 0 Å². The Labute approximate surface area is 138 Å². The summed E-state index contributed by atoms with van der Waals surface area (Å²) < 4.78 is 27.9. The number of hydrogen-bond donors (Lipinski definition) is 0. The molecule has 1 amide bonds. The van der Waals surface area contributed by atoms with E-state index in [1.54, 1.807) is 12.1 Å². The van der Waals surface area contributed by atoms with Crippen molar-refractivity contribution in [2.45, 2.75) is 52.1 Å². The first-order chi connectivity index (χ1) is 10.8. The second-order valence-electron chi connectivity index (χ2n) is 6.25. The molecule has 1 saturated carbocycles. The number of amides is 1. The number of carbonyl (C=O) groups is 1. The predicted octanol–water partition coefficient (Wildman–Crippen LogP) is 2.95. The Balaban J connectivity index is 2.23. The van der Waals surface area contributed by atoms with E-state index in [-0.39, 0.29) is 17.9 Å². The molecule has 1 atom stereocenters. The summed E-state index contributed by atoms with van der Waals surface area (Å²) in [4.78, 5) is 14.5. The van der Waals surface area contributed by atoms with Crippen LogP contribution in [-0.2, 0) is 21.5 Å². The second-order valence-corrected chi connectivity index (χ2v) is 7.82. The van der Waals surface area contributed by atoms with Gasteiger partial charge in [-0.05, 0) is 32.3 Å². The van der Waals surface area contributed by atoms with E-state index < -0.39 is 10.1 Å². The Bertz CT molecular complexity index is 652. The van der Waals surface area contributed by atoms with Crippen LogP contribution in [0, 0.1) is 5.92 Å². The lowest BCUT2D eigenvalue weighted by molar-refractivity contribution is -0.141. The van der Waals surface area contributed by atoms with E-state index in [4.69, 9.17) is 4.18 Å². The highest BCUT2D eigenvalue weighted by molar-refractivity contribution is 7.86. The van der Waals surface area contributed by atoms with Crippen molar-refractivity contribution < 1.29 is 17.4 Å². The largest absolute Gasteiger partial charge is 0.382 e. The molecule has 1 aromatic rings. The van der Waals surface area contributed by atoms with Gasteiger partial charge in [-0.3, -0.25) is 4.79 Å². The normalized spacial score (nSPS) is 16.5. The molecule has 0 aromatic heterocycles. The van der Waals surface area contributed by atoms with E-state index in [0.29, 0.717) is 17.9 Å². The molecule has 0 N–H and O–H groups in total. The first-order valence-corrected chi connectivity index (χ1v) is 9.91. The third kappa shape index (κ3) is 4.70. The van der Waals surface area contributed by atoms with Crippen LogP contribution in [0.3, 0.4) is 0 Å². The summed E-state index contributed by atoms with van der Waals surface area (Å²) in [5.74, 6) is 0.580. The zero-order valence-corrected chi connectivity index (χ0v) is 14.8. The van der Waals surface area contributed by atoms with Crippen LogP contribution in [-0.4, -0.2) is 31.5 Å². The molecule has 0 heterocycles. The molecule has 5 nitrogen and oxygen atoms in total. The van der Waals surface area contributed by atoms with Crippen LogP contribution in [0.5, 0.6) is 5.75 Å². The number of carbonyl (C=O) groups excluding carboxylic acids is 1. The molecule has 0 saturated heterocycles. The quantitative estimate of drug-likeness (QED) is 0.717. The standard InChI is InChI=1S/C17H25NO4S/c1-4-13(2)18(17(19)14-9-7-10-14)12-15-8-5-6-11-16(15)22-23(3,20)21/h5-6,8,11,13-14H,4,7,9-10,12H2,1-3H3/t13-/m1/s1. The van der Waals surface area contributed by atoms with Crippen molar-refractivity contribution >= 4 is 16.0 Å². The third-order valence-electron chi connectivity index (χ3n) is 4.41. The minimum Gasteiger partial charge on any atom is -0.382 e. The Morgan fingerprint density at radius 2 is 2.00 bits per heavy atom. The van der Waals surface area contributed by atoms with Crippen LogP contribution in [0.25, 0.3) is 0 Å². The van der Waals surface area contributed by atoms with Gasteiger partial charge in [-0.25, -0.2) is 0 Å². The average Bonchev–Trinajstić information content (AvgIpc) is 2.42. The lowest BCUT2D eigenvalue weighted by Gasteiger charge is -2.35. The molecule has 1 fully saturated rings. The lowest BCUT2D eigenvalue weighted by Crippen LogP contribution is -2.43. The molecular weight excluding hydrogens is 314 g/mol. The fourth-order valence-corrected chi connectivity index (χ4v) is 3.11. The Kier molecular flexibility index (Phi) is 5.68. The molecule has 0 radical (unpaired) electrons. The van der Waals surface area contributed by atoms with E-state index in [1.807, 2.05) is 30.9 Å². The highest BCUT2D eigenvalue weighted by Crippen LogP contribution is 2.31. The second kappa shape index (κ2) is 7.34. The fourth-order valence-electron chi connectivity index (χ4n) is 2.62. The zero-order valence-electron chi connectivity index (χ0n) is 14.0. The summed E-state index contributed by atoms with van der Waals surface area (Å²) in [7, 11) is -3.59. The molecule has 0 spiro atoms. The van der Waals surface area contributed by atoms with E-state index >= 15 is 0 Å². The molecule has 128 valence electrons. The van der Waals surface area contributed by atoms with Crippen LogP contribution in [0.4, 0.5) is 0 Å². The van der Waals surface area contributed by atoms with Crippen molar-refractivity contribution in [3.8, 4) is 5.75 Å². The highest BCUT2D eigenvalue weighted by Gasteiger charge is 2.31. The van der Waals surface area contributed by atoms with E-state index in [9.17, 15) is 13.2 Å². The van der Waals surface area contributed by atoms with Crippen LogP contribution in [0.1, 0.15) is 45.1 Å². The molecule has 0 bridgehead atoms. The first-order valence-electron chi connectivity index (χ1n) is 8.09. The number of hydrogen-bond acceptors (Lipinski definition) is 4. The molecule has 1 aliphatic carbocycles. The molecule has 0 unspecified atom stereocenters. The van der Waals surface area contributed by atoms with Crippen LogP contribution in [0.2, 0.25) is 0 Å². The van der Waals surface area contributed by atoms with Gasteiger partial charge in [0.25, 0.3) is 0 Å². The van der Waals surface area contributed by atoms with Gasteiger partial charge in [-0.15, -0.1) is 0 Å². The molecule has 23 heavy (non-hydrogen) atoms. The number of nitrogens with zero attached hydrogens (tertiary/aromatic N) is 1. The monoisotopic (exact) mass is 339 g/mol. The van der Waals surface area contributed by atoms with Crippen molar-refractivity contribution in [1.82, 2.24) is 4.90 Å². The van der Waals surface area contributed by atoms with Gasteiger partial charge in [0, 0.05) is 24.1 Å². The molecular formula is C17H25NO4S. The summed E-state index contributed by atoms with van der Waals surface area (Å²) >= 11 is 0. The van der Waals surface area contributed by atoms with Crippen LogP contribution < -0.4 is 4.18 Å². The fraction of sp³-hybridized carbons (Fsp3) is 0.588. The zero-order chi connectivity index (χ0) is 17.0. The smallest absolute Gasteiger partial charge is 0.306 e. The summed E-state index contributed by atoms with van der Waals surface area (Å²) in [6, 6.07) is 7.09. The molecule has 0 aliphatic heterocycles. The van der Waals surface area contributed by atoms with Crippen molar-refractivity contribution in [2.75, 3.05) is 6.26 Å². The van der Waals surface area contributed by atoms with Gasteiger partial charge < -0.3 is 9.08 Å². The van der Waals surface area contributed by atoms with Crippen molar-refractivity contribution in [3.63, 3.8) is 0 Å². The summed E-state index contributed by atoms with van der Waals surface area (Å²) in [5, 5.41) is 0. The highest BCUT2D eigenvalue weighted by atomic mass is 32.2. The molecule has 1 aromatic carbocycles. The predicted molar refractivity (Wildman–Crippen MR) is 89.6 cm³/mol. The van der Waals surface area contributed by atoms with Gasteiger partial charge in [-0.2, -0.15) is 8.42 Å². The Hall–Kier alpha value is -1.56. The average molecular weight is 339 g/mol. The van der Waals surface area contributed by atoms with Crippen molar-refractivity contribution in [2.24, 2.45) is 5.92 Å². The Morgan fingerprint density at radius 3 is 2.52 bits per heavy atom. The molecule has 6 heteroatoms. The topological polar surface area (TPSA) is 63.7 Å². The van der Waals surface area contributed by atoms with Gasteiger partial charge in [0.05, 0.1) is 6.26 Å². The molecule has 1 aliphatic rings. The van der Waals surface area contributed by atoms with Crippen LogP contribution in [0.15, 0.2) is 24.3 Å². The summed E-state index contributed by atoms with van der Waals surface area (Å²) in [6.07, 6.45) is 4.89. The van der Waals surface area contributed by atoms with Gasteiger partial charge in [-0.1, -0.05) is 31.5 Å². The van der Waals surface area contributed by atoms with Gasteiger partial charge in [0.2, 0.25) is 5.91 Å². The van der Waals surface area contributed by atoms with Crippen LogP contribution >= 0.6 is 0 Å².